The van der Waals surface area contributed by atoms with Crippen LogP contribution in [0.25, 0.3) is 0 Å². The Morgan fingerprint density at radius 1 is 0.571 bits per heavy atom. The number of hydrogen-bond acceptors (Lipinski definition) is 3. The first kappa shape index (κ1) is 20.9. The van der Waals surface area contributed by atoms with E-state index in [0.717, 1.165) is 31.5 Å². The molecular weight excluding hydrogens is 258 g/mol. The SMILES string of the molecule is CC(CCCCCCN)CC(CCCCN)CCCCN. The summed E-state index contributed by atoms with van der Waals surface area (Å²) in [5.41, 5.74) is 16.8. The second kappa shape index (κ2) is 16.3. The summed E-state index contributed by atoms with van der Waals surface area (Å²) in [5, 5.41) is 0. The van der Waals surface area contributed by atoms with Gasteiger partial charge in [-0.25, -0.2) is 0 Å². The van der Waals surface area contributed by atoms with Crippen molar-refractivity contribution in [2.45, 2.75) is 84.0 Å². The second-order valence-corrected chi connectivity index (χ2v) is 6.77. The zero-order chi connectivity index (χ0) is 15.8. The average Bonchev–Trinajstić information content (AvgIpc) is 2.47. The summed E-state index contributed by atoms with van der Waals surface area (Å²) in [6.07, 6.45) is 15.7. The van der Waals surface area contributed by atoms with Gasteiger partial charge in [-0.2, -0.15) is 0 Å². The maximum absolute atomic E-state index is 5.62. The fourth-order valence-corrected chi connectivity index (χ4v) is 3.21. The first-order chi connectivity index (χ1) is 10.2. The van der Waals surface area contributed by atoms with Crippen LogP contribution in [-0.4, -0.2) is 19.6 Å². The standard InChI is InChI=1S/C18H41N3/c1-17(10-4-2-3-7-13-19)16-18(11-5-8-14-20)12-6-9-15-21/h17-18H,2-16,19-21H2,1H3. The van der Waals surface area contributed by atoms with Gasteiger partial charge in [-0.1, -0.05) is 58.3 Å². The maximum Gasteiger partial charge on any atom is -0.00773 e. The van der Waals surface area contributed by atoms with Crippen LogP contribution in [-0.2, 0) is 0 Å². The third-order valence-electron chi connectivity index (χ3n) is 4.52. The van der Waals surface area contributed by atoms with E-state index in [-0.39, 0.29) is 0 Å². The van der Waals surface area contributed by atoms with Crippen molar-refractivity contribution in [3.8, 4) is 0 Å². The molecule has 0 aliphatic rings. The summed E-state index contributed by atoms with van der Waals surface area (Å²) in [6, 6.07) is 0. The van der Waals surface area contributed by atoms with Gasteiger partial charge >= 0.3 is 0 Å². The molecule has 0 saturated carbocycles. The monoisotopic (exact) mass is 299 g/mol. The lowest BCUT2D eigenvalue weighted by molar-refractivity contribution is 0.317. The van der Waals surface area contributed by atoms with E-state index < -0.39 is 0 Å². The van der Waals surface area contributed by atoms with E-state index in [1.54, 1.807) is 0 Å². The molecule has 0 bridgehead atoms. The molecule has 0 rings (SSSR count). The summed E-state index contributed by atoms with van der Waals surface area (Å²) in [6.45, 7) is 4.96. The van der Waals surface area contributed by atoms with Crippen molar-refractivity contribution in [1.82, 2.24) is 0 Å². The van der Waals surface area contributed by atoms with Crippen molar-refractivity contribution in [3.05, 3.63) is 0 Å². The Morgan fingerprint density at radius 2 is 1.00 bits per heavy atom. The molecule has 0 aromatic carbocycles. The van der Waals surface area contributed by atoms with Gasteiger partial charge < -0.3 is 17.2 Å². The molecule has 3 nitrogen and oxygen atoms in total. The highest BCUT2D eigenvalue weighted by Crippen LogP contribution is 2.26. The molecule has 0 heterocycles. The third-order valence-corrected chi connectivity index (χ3v) is 4.52. The second-order valence-electron chi connectivity index (χ2n) is 6.77. The molecule has 1 unspecified atom stereocenters. The Bertz CT molecular complexity index is 187. The highest BCUT2D eigenvalue weighted by molar-refractivity contribution is 4.66. The van der Waals surface area contributed by atoms with E-state index in [2.05, 4.69) is 6.92 Å². The van der Waals surface area contributed by atoms with E-state index in [0.29, 0.717) is 0 Å². The van der Waals surface area contributed by atoms with E-state index in [9.17, 15) is 0 Å². The predicted molar refractivity (Wildman–Crippen MR) is 95.2 cm³/mol. The molecule has 0 saturated heterocycles. The summed E-state index contributed by atoms with van der Waals surface area (Å²) in [7, 11) is 0. The fraction of sp³-hybridized carbons (Fsp3) is 1.00. The van der Waals surface area contributed by atoms with Crippen LogP contribution >= 0.6 is 0 Å². The lowest BCUT2D eigenvalue weighted by atomic mass is 9.85. The molecule has 0 amide bonds. The Hall–Kier alpha value is -0.120. The number of hydrogen-bond donors (Lipinski definition) is 3. The minimum Gasteiger partial charge on any atom is -0.330 e. The van der Waals surface area contributed by atoms with Crippen molar-refractivity contribution in [2.75, 3.05) is 19.6 Å². The zero-order valence-electron chi connectivity index (χ0n) is 14.5. The molecule has 0 fully saturated rings. The van der Waals surface area contributed by atoms with E-state index in [1.165, 1.54) is 77.0 Å². The molecule has 3 heteroatoms. The molecule has 0 radical (unpaired) electrons. The van der Waals surface area contributed by atoms with Crippen molar-refractivity contribution in [3.63, 3.8) is 0 Å². The third kappa shape index (κ3) is 14.6. The van der Waals surface area contributed by atoms with E-state index >= 15 is 0 Å². The first-order valence-electron chi connectivity index (χ1n) is 9.34. The molecule has 0 aliphatic heterocycles. The van der Waals surface area contributed by atoms with Crippen LogP contribution in [0.1, 0.15) is 84.0 Å². The lowest BCUT2D eigenvalue weighted by Gasteiger charge is -2.21. The van der Waals surface area contributed by atoms with Crippen LogP contribution < -0.4 is 17.2 Å². The lowest BCUT2D eigenvalue weighted by Crippen LogP contribution is -2.09. The van der Waals surface area contributed by atoms with Gasteiger partial charge in [-0.05, 0) is 57.2 Å². The Labute approximate surface area is 133 Å². The zero-order valence-corrected chi connectivity index (χ0v) is 14.5. The van der Waals surface area contributed by atoms with Gasteiger partial charge in [0.25, 0.3) is 0 Å². The fourth-order valence-electron chi connectivity index (χ4n) is 3.21. The highest BCUT2D eigenvalue weighted by atomic mass is 14.5. The van der Waals surface area contributed by atoms with Gasteiger partial charge in [-0.15, -0.1) is 0 Å². The molecule has 0 aromatic rings. The molecule has 128 valence electrons. The van der Waals surface area contributed by atoms with Crippen molar-refractivity contribution < 1.29 is 0 Å². The topological polar surface area (TPSA) is 78.1 Å². The molecule has 21 heavy (non-hydrogen) atoms. The van der Waals surface area contributed by atoms with E-state index in [1.807, 2.05) is 0 Å². The summed E-state index contributed by atoms with van der Waals surface area (Å²) < 4.78 is 0. The van der Waals surface area contributed by atoms with Crippen LogP contribution in [0, 0.1) is 11.8 Å². The van der Waals surface area contributed by atoms with Crippen LogP contribution in [0.5, 0.6) is 0 Å². The molecule has 0 spiro atoms. The van der Waals surface area contributed by atoms with Crippen LogP contribution in [0.2, 0.25) is 0 Å². The summed E-state index contributed by atoms with van der Waals surface area (Å²) in [4.78, 5) is 0. The molecule has 0 aliphatic carbocycles. The van der Waals surface area contributed by atoms with Gasteiger partial charge in [-0.3, -0.25) is 0 Å². The number of unbranched alkanes of at least 4 members (excludes halogenated alkanes) is 5. The quantitative estimate of drug-likeness (QED) is 0.379. The minimum absolute atomic E-state index is 0.840. The largest absolute Gasteiger partial charge is 0.330 e. The maximum atomic E-state index is 5.62. The predicted octanol–water partition coefficient (Wildman–Crippen LogP) is 3.80. The Morgan fingerprint density at radius 3 is 1.52 bits per heavy atom. The van der Waals surface area contributed by atoms with Gasteiger partial charge in [0.1, 0.15) is 0 Å². The van der Waals surface area contributed by atoms with Gasteiger partial charge in [0.05, 0.1) is 0 Å². The molecule has 0 aromatic heterocycles. The normalized spacial score (nSPS) is 13.0. The molecule has 6 N–H and O–H groups in total. The smallest absolute Gasteiger partial charge is 0.00773 e. The van der Waals surface area contributed by atoms with Crippen molar-refractivity contribution in [2.24, 2.45) is 29.0 Å². The highest BCUT2D eigenvalue weighted by Gasteiger charge is 2.13. The van der Waals surface area contributed by atoms with Crippen LogP contribution in [0.15, 0.2) is 0 Å². The Balaban J connectivity index is 3.82. The van der Waals surface area contributed by atoms with Crippen molar-refractivity contribution in [1.29, 1.82) is 0 Å². The van der Waals surface area contributed by atoms with Gasteiger partial charge in [0.15, 0.2) is 0 Å². The average molecular weight is 300 g/mol. The van der Waals surface area contributed by atoms with Crippen molar-refractivity contribution >= 4 is 0 Å². The molecular formula is C18H41N3. The van der Waals surface area contributed by atoms with Gasteiger partial charge in [0, 0.05) is 0 Å². The number of rotatable bonds is 16. The van der Waals surface area contributed by atoms with Crippen LogP contribution in [0.4, 0.5) is 0 Å². The summed E-state index contributed by atoms with van der Waals surface area (Å²) in [5.74, 6) is 1.76. The first-order valence-corrected chi connectivity index (χ1v) is 9.34. The minimum atomic E-state index is 0.840. The van der Waals surface area contributed by atoms with Gasteiger partial charge in [0.2, 0.25) is 0 Å². The van der Waals surface area contributed by atoms with Crippen LogP contribution in [0.3, 0.4) is 0 Å². The Kier molecular flexibility index (Phi) is 16.2. The summed E-state index contributed by atoms with van der Waals surface area (Å²) >= 11 is 0. The molecule has 1 atom stereocenters. The number of nitrogens with two attached hydrogens (primary N) is 3. The van der Waals surface area contributed by atoms with E-state index in [4.69, 9.17) is 17.2 Å².